The molecule has 0 aliphatic heterocycles. The zero-order valence-corrected chi connectivity index (χ0v) is 6.91. The number of hydrogen-bond acceptors (Lipinski definition) is 1. The second-order valence-electron chi connectivity index (χ2n) is 1.15. The molecular formula is C8H15BO. The Labute approximate surface area is 63.9 Å². The summed E-state index contributed by atoms with van der Waals surface area (Å²) in [6.07, 6.45) is 0. The van der Waals surface area contributed by atoms with Gasteiger partial charge in [-0.05, 0) is 0 Å². The van der Waals surface area contributed by atoms with Crippen molar-refractivity contribution in [2.75, 3.05) is 7.11 Å². The molecule has 1 aromatic rings. The van der Waals surface area contributed by atoms with E-state index in [1.165, 1.54) is 0 Å². The van der Waals surface area contributed by atoms with Crippen LogP contribution in [0.25, 0.3) is 0 Å². The van der Waals surface area contributed by atoms with Crippen LogP contribution in [-0.2, 0) is 0 Å². The summed E-state index contributed by atoms with van der Waals surface area (Å²) in [6, 6.07) is 6.00. The van der Waals surface area contributed by atoms with Gasteiger partial charge in [-0.15, -0.1) is 0 Å². The van der Waals surface area contributed by atoms with Crippen molar-refractivity contribution in [1.82, 2.24) is 0 Å². The van der Waals surface area contributed by atoms with E-state index in [4.69, 9.17) is 5.11 Å². The molecule has 1 nitrogen and oxygen atoms in total. The molecule has 0 saturated heterocycles. The van der Waals surface area contributed by atoms with Crippen LogP contribution in [0.5, 0.6) is 0 Å². The molecule has 0 bridgehead atoms. The van der Waals surface area contributed by atoms with E-state index in [1.807, 2.05) is 50.9 Å². The fraction of sp³-hybridized carbons (Fsp3) is 0.375. The van der Waals surface area contributed by atoms with E-state index in [9.17, 15) is 0 Å². The van der Waals surface area contributed by atoms with Crippen LogP contribution in [0.2, 0.25) is 0 Å². The van der Waals surface area contributed by atoms with E-state index in [0.29, 0.717) is 0 Å². The fourth-order valence-corrected chi connectivity index (χ4v) is 0.385. The Morgan fingerprint density at radius 2 is 1.30 bits per heavy atom. The third-order valence-electron chi connectivity index (χ3n) is 0.667. The predicted octanol–water partition coefficient (Wildman–Crippen LogP) is 1.66. The monoisotopic (exact) mass is 138 g/mol. The van der Waals surface area contributed by atoms with Gasteiger partial charge in [-0.3, -0.25) is 0 Å². The quantitative estimate of drug-likeness (QED) is 0.577. The molecule has 0 unspecified atom stereocenters. The van der Waals surface area contributed by atoms with Gasteiger partial charge in [0.2, 0.25) is 0 Å². The van der Waals surface area contributed by atoms with Crippen LogP contribution >= 0.6 is 0 Å². The van der Waals surface area contributed by atoms with Crippen LogP contribution < -0.4 is 0 Å². The molecule has 0 amide bonds. The van der Waals surface area contributed by atoms with Gasteiger partial charge in [0.05, 0.1) is 0 Å². The Morgan fingerprint density at radius 3 is 1.40 bits per heavy atom. The van der Waals surface area contributed by atoms with E-state index in [2.05, 4.69) is 0 Å². The van der Waals surface area contributed by atoms with Crippen molar-refractivity contribution in [2.45, 2.75) is 13.8 Å². The minimum absolute atomic E-state index is 1.00. The van der Waals surface area contributed by atoms with Gasteiger partial charge in [0.1, 0.15) is 0 Å². The van der Waals surface area contributed by atoms with Crippen molar-refractivity contribution in [1.29, 1.82) is 0 Å². The van der Waals surface area contributed by atoms with Crippen LogP contribution in [-0.4, -0.2) is 19.1 Å². The zero-order chi connectivity index (χ0) is 8.24. The van der Waals surface area contributed by atoms with Gasteiger partial charge in [-0.2, -0.15) is 0 Å². The Morgan fingerprint density at radius 1 is 0.900 bits per heavy atom. The number of aliphatic hydroxyl groups is 1. The molecule has 0 aliphatic carbocycles. The van der Waals surface area contributed by atoms with Gasteiger partial charge >= 0.3 is 37.0 Å². The zero-order valence-electron chi connectivity index (χ0n) is 6.91. The normalized spacial score (nSPS) is 5.60. The summed E-state index contributed by atoms with van der Waals surface area (Å²) in [5, 5.41) is 7.00. The van der Waals surface area contributed by atoms with E-state index >= 15 is 0 Å². The summed E-state index contributed by atoms with van der Waals surface area (Å²) in [4.78, 5) is 0. The molecule has 1 rings (SSSR count). The van der Waals surface area contributed by atoms with Crippen LogP contribution in [0.4, 0.5) is 0 Å². The molecular weight excluding hydrogens is 123 g/mol. The second-order valence-corrected chi connectivity index (χ2v) is 1.15. The molecule has 1 aromatic heterocycles. The first-order valence-electron chi connectivity index (χ1n) is 3.45. The van der Waals surface area contributed by atoms with Crippen molar-refractivity contribution in [2.24, 2.45) is 0 Å². The van der Waals surface area contributed by atoms with E-state index in [0.717, 1.165) is 7.11 Å². The van der Waals surface area contributed by atoms with Gasteiger partial charge < -0.3 is 5.11 Å². The van der Waals surface area contributed by atoms with Crippen molar-refractivity contribution in [3.63, 3.8) is 0 Å². The maximum absolute atomic E-state index is 7.00. The van der Waals surface area contributed by atoms with Crippen LogP contribution in [0, 0.1) is 0 Å². The van der Waals surface area contributed by atoms with Crippen molar-refractivity contribution < 1.29 is 5.11 Å². The summed E-state index contributed by atoms with van der Waals surface area (Å²) in [6.45, 7) is 6.00. The molecule has 1 N–H and O–H groups in total. The maximum atomic E-state index is 7.00. The average molecular weight is 138 g/mol. The molecule has 56 valence electrons. The average Bonchev–Trinajstić information content (AvgIpc) is 2.14. The standard InChI is InChI=1S/C5H5B.C2H6.CH4O/c1-2-4-6-5-3-1;2*1-2/h1-5H;1-2H3;2H,1H3. The third-order valence-corrected chi connectivity index (χ3v) is 0.667. The Hall–Kier alpha value is -0.625. The Balaban J connectivity index is 0. The molecule has 0 aliphatic rings. The Bertz CT molecular complexity index is 81.2. The molecule has 0 radical (unpaired) electrons. The summed E-state index contributed by atoms with van der Waals surface area (Å²) in [7, 11) is 1.00. The minimum atomic E-state index is 1.00. The van der Waals surface area contributed by atoms with Crippen LogP contribution in [0.1, 0.15) is 13.8 Å². The number of rotatable bonds is 0. The van der Waals surface area contributed by atoms with Gasteiger partial charge in [-0.1, -0.05) is 13.8 Å². The first kappa shape index (κ1) is 12.1. The van der Waals surface area contributed by atoms with E-state index in [1.54, 1.807) is 0 Å². The summed E-state index contributed by atoms with van der Waals surface area (Å²) >= 11 is 0. The molecule has 0 aromatic carbocycles. The fourth-order valence-electron chi connectivity index (χ4n) is 0.385. The first-order valence-corrected chi connectivity index (χ1v) is 3.45. The van der Waals surface area contributed by atoms with Crippen LogP contribution in [0.3, 0.4) is 0 Å². The second kappa shape index (κ2) is 15.8. The summed E-state index contributed by atoms with van der Waals surface area (Å²) in [5.41, 5.74) is 0. The van der Waals surface area contributed by atoms with Crippen molar-refractivity contribution >= 4 is 6.91 Å². The van der Waals surface area contributed by atoms with E-state index in [-0.39, 0.29) is 0 Å². The SMILES string of the molecule is CC.CO.b1ccccc1. The molecule has 0 saturated carbocycles. The summed E-state index contributed by atoms with van der Waals surface area (Å²) in [5.74, 6) is 4.00. The molecule has 2 heteroatoms. The molecule has 10 heavy (non-hydrogen) atoms. The first-order chi connectivity index (χ1) is 5.00. The van der Waals surface area contributed by atoms with Gasteiger partial charge in [0, 0.05) is 7.11 Å². The number of hydrogen-bond donors (Lipinski definition) is 1. The topological polar surface area (TPSA) is 20.2 Å². The number of aliphatic hydroxyl groups excluding tert-OH is 1. The van der Waals surface area contributed by atoms with Gasteiger partial charge in [-0.25, -0.2) is 0 Å². The molecule has 1 heterocycles. The van der Waals surface area contributed by atoms with E-state index < -0.39 is 0 Å². The molecule has 0 fully saturated rings. The van der Waals surface area contributed by atoms with Crippen LogP contribution in [0.15, 0.2) is 30.1 Å². The Kier molecular flexibility index (Phi) is 19.1. The van der Waals surface area contributed by atoms with Crippen molar-refractivity contribution in [3.05, 3.63) is 30.1 Å². The molecule has 0 spiro atoms. The summed E-state index contributed by atoms with van der Waals surface area (Å²) < 4.78 is 0. The van der Waals surface area contributed by atoms with Gasteiger partial charge in [0.25, 0.3) is 0 Å². The third kappa shape index (κ3) is 10.4. The predicted molar refractivity (Wildman–Crippen MR) is 47.3 cm³/mol. The molecule has 0 atom stereocenters. The van der Waals surface area contributed by atoms with Gasteiger partial charge in [0.15, 0.2) is 0 Å². The van der Waals surface area contributed by atoms with Crippen molar-refractivity contribution in [3.8, 4) is 0 Å².